The lowest BCUT2D eigenvalue weighted by Gasteiger charge is -2.16. The number of methoxy groups -OCH3 is 1. The highest BCUT2D eigenvalue weighted by molar-refractivity contribution is 5.69. The molecule has 0 spiro atoms. The average molecular weight is 358 g/mol. The molecule has 134 valence electrons. The van der Waals surface area contributed by atoms with Crippen molar-refractivity contribution in [1.29, 1.82) is 0 Å². The van der Waals surface area contributed by atoms with Crippen LogP contribution in [-0.2, 0) is 6.18 Å². The maximum absolute atomic E-state index is 13.3. The van der Waals surface area contributed by atoms with Gasteiger partial charge in [-0.1, -0.05) is 48.5 Å². The predicted molar refractivity (Wildman–Crippen MR) is 93.9 cm³/mol. The second kappa shape index (κ2) is 7.22. The molecule has 26 heavy (non-hydrogen) atoms. The van der Waals surface area contributed by atoms with E-state index in [2.05, 4.69) is 0 Å². The molecule has 0 heterocycles. The van der Waals surface area contributed by atoms with Gasteiger partial charge in [-0.3, -0.25) is 0 Å². The summed E-state index contributed by atoms with van der Waals surface area (Å²) in [6.45, 7) is 0. The molecule has 0 fully saturated rings. The number of halogens is 3. The third kappa shape index (κ3) is 3.73. The highest BCUT2D eigenvalue weighted by Gasteiger charge is 2.33. The van der Waals surface area contributed by atoms with E-state index in [9.17, 15) is 18.3 Å². The third-order valence-corrected chi connectivity index (χ3v) is 4.18. The molecule has 5 heteroatoms. The minimum Gasteiger partial charge on any atom is -0.497 e. The van der Waals surface area contributed by atoms with E-state index >= 15 is 0 Å². The summed E-state index contributed by atoms with van der Waals surface area (Å²) in [6.07, 6.45) is -5.39. The number of rotatable bonds is 4. The molecule has 0 saturated heterocycles. The topological polar surface area (TPSA) is 29.5 Å². The van der Waals surface area contributed by atoms with Gasteiger partial charge in [-0.25, -0.2) is 0 Å². The molecular formula is C21H17F3O2. The van der Waals surface area contributed by atoms with Crippen LogP contribution in [-0.4, -0.2) is 12.2 Å². The first-order chi connectivity index (χ1) is 12.4. The van der Waals surface area contributed by atoms with E-state index in [0.717, 1.165) is 6.07 Å². The molecule has 1 atom stereocenters. The second-order valence-corrected chi connectivity index (χ2v) is 5.84. The minimum absolute atomic E-state index is 0.0868. The van der Waals surface area contributed by atoms with E-state index in [0.29, 0.717) is 22.4 Å². The number of ether oxygens (including phenoxy) is 1. The van der Waals surface area contributed by atoms with E-state index in [-0.39, 0.29) is 5.56 Å². The standard InChI is InChI=1S/C21H17F3O2/c1-26-17-11-9-14(10-12-17)20(25)16-6-4-5-15(13-16)18-7-2-3-8-19(18)21(22,23)24/h2-13,20,25H,1H3. The Kier molecular flexibility index (Phi) is 5.00. The van der Waals surface area contributed by atoms with Crippen LogP contribution in [0.25, 0.3) is 11.1 Å². The minimum atomic E-state index is -4.44. The van der Waals surface area contributed by atoms with Gasteiger partial charge in [0.2, 0.25) is 0 Å². The normalized spacial score (nSPS) is 12.7. The van der Waals surface area contributed by atoms with Gasteiger partial charge >= 0.3 is 6.18 Å². The van der Waals surface area contributed by atoms with Crippen LogP contribution in [0.3, 0.4) is 0 Å². The SMILES string of the molecule is COc1ccc(C(O)c2cccc(-c3ccccc3C(F)(F)F)c2)cc1. The Morgan fingerprint density at radius 3 is 2.19 bits per heavy atom. The molecule has 0 radical (unpaired) electrons. The van der Waals surface area contributed by atoms with E-state index in [1.165, 1.54) is 12.1 Å². The Morgan fingerprint density at radius 1 is 0.846 bits per heavy atom. The first-order valence-corrected chi connectivity index (χ1v) is 7.98. The van der Waals surface area contributed by atoms with Crippen molar-refractivity contribution in [2.24, 2.45) is 0 Å². The van der Waals surface area contributed by atoms with Gasteiger partial charge in [-0.15, -0.1) is 0 Å². The Balaban J connectivity index is 1.99. The zero-order valence-corrected chi connectivity index (χ0v) is 14.0. The van der Waals surface area contributed by atoms with E-state index in [1.807, 2.05) is 0 Å². The summed E-state index contributed by atoms with van der Waals surface area (Å²) in [5.41, 5.74) is 0.944. The largest absolute Gasteiger partial charge is 0.497 e. The Labute approximate surface area is 149 Å². The zero-order valence-electron chi connectivity index (χ0n) is 14.0. The van der Waals surface area contributed by atoms with E-state index in [4.69, 9.17) is 4.74 Å². The lowest BCUT2D eigenvalue weighted by atomic mass is 9.94. The Morgan fingerprint density at radius 2 is 1.54 bits per heavy atom. The van der Waals surface area contributed by atoms with Crippen molar-refractivity contribution in [2.75, 3.05) is 7.11 Å². The fourth-order valence-corrected chi connectivity index (χ4v) is 2.84. The molecule has 0 aliphatic rings. The number of alkyl halides is 3. The molecule has 1 N–H and O–H groups in total. The van der Waals surface area contributed by atoms with Gasteiger partial charge in [0.1, 0.15) is 11.9 Å². The van der Waals surface area contributed by atoms with Crippen molar-refractivity contribution in [3.63, 3.8) is 0 Å². The van der Waals surface area contributed by atoms with Gasteiger partial charge in [0, 0.05) is 0 Å². The van der Waals surface area contributed by atoms with Crippen LogP contribution in [0.15, 0.2) is 72.8 Å². The molecule has 1 unspecified atom stereocenters. The van der Waals surface area contributed by atoms with Gasteiger partial charge in [0.05, 0.1) is 12.7 Å². The zero-order chi connectivity index (χ0) is 18.7. The highest BCUT2D eigenvalue weighted by Crippen LogP contribution is 2.37. The first kappa shape index (κ1) is 18.0. The van der Waals surface area contributed by atoms with Crippen LogP contribution in [0.2, 0.25) is 0 Å². The predicted octanol–water partition coefficient (Wildman–Crippen LogP) is 5.46. The number of hydrogen-bond donors (Lipinski definition) is 1. The van der Waals surface area contributed by atoms with Crippen molar-refractivity contribution in [2.45, 2.75) is 12.3 Å². The smallest absolute Gasteiger partial charge is 0.417 e. The van der Waals surface area contributed by atoms with Crippen molar-refractivity contribution in [3.8, 4) is 16.9 Å². The Hall–Kier alpha value is -2.79. The molecule has 0 aromatic heterocycles. The summed E-state index contributed by atoms with van der Waals surface area (Å²) >= 11 is 0. The third-order valence-electron chi connectivity index (χ3n) is 4.18. The fraction of sp³-hybridized carbons (Fsp3) is 0.143. The number of benzene rings is 3. The number of aliphatic hydroxyl groups excluding tert-OH is 1. The molecule has 0 amide bonds. The second-order valence-electron chi connectivity index (χ2n) is 5.84. The Bertz CT molecular complexity index is 886. The van der Waals surface area contributed by atoms with E-state index < -0.39 is 17.8 Å². The van der Waals surface area contributed by atoms with Crippen LogP contribution < -0.4 is 4.74 Å². The molecule has 3 aromatic carbocycles. The maximum atomic E-state index is 13.3. The van der Waals surface area contributed by atoms with Gasteiger partial charge in [0.15, 0.2) is 0 Å². The molecule has 3 aromatic rings. The van der Waals surface area contributed by atoms with Gasteiger partial charge in [-0.2, -0.15) is 13.2 Å². The van der Waals surface area contributed by atoms with Crippen molar-refractivity contribution >= 4 is 0 Å². The average Bonchev–Trinajstić information content (AvgIpc) is 2.67. The molecule has 3 rings (SSSR count). The van der Waals surface area contributed by atoms with Crippen LogP contribution >= 0.6 is 0 Å². The molecule has 0 saturated carbocycles. The molecule has 0 aliphatic heterocycles. The van der Waals surface area contributed by atoms with Crippen LogP contribution in [0.5, 0.6) is 5.75 Å². The van der Waals surface area contributed by atoms with Gasteiger partial charge in [-0.05, 0) is 46.5 Å². The van der Waals surface area contributed by atoms with Crippen LogP contribution in [0.4, 0.5) is 13.2 Å². The molecular weight excluding hydrogens is 341 g/mol. The van der Waals surface area contributed by atoms with Gasteiger partial charge in [0.25, 0.3) is 0 Å². The summed E-state index contributed by atoms with van der Waals surface area (Å²) in [5.74, 6) is 0.661. The highest BCUT2D eigenvalue weighted by atomic mass is 19.4. The molecule has 0 aliphatic carbocycles. The van der Waals surface area contributed by atoms with Crippen LogP contribution in [0.1, 0.15) is 22.8 Å². The summed E-state index contributed by atoms with van der Waals surface area (Å²) < 4.78 is 44.9. The fourth-order valence-electron chi connectivity index (χ4n) is 2.84. The van der Waals surface area contributed by atoms with Crippen molar-refractivity contribution in [1.82, 2.24) is 0 Å². The maximum Gasteiger partial charge on any atom is 0.417 e. The van der Waals surface area contributed by atoms with Gasteiger partial charge < -0.3 is 9.84 Å². The lowest BCUT2D eigenvalue weighted by molar-refractivity contribution is -0.137. The van der Waals surface area contributed by atoms with Crippen LogP contribution in [0, 0.1) is 0 Å². The first-order valence-electron chi connectivity index (χ1n) is 7.98. The van der Waals surface area contributed by atoms with Crippen molar-refractivity contribution in [3.05, 3.63) is 89.5 Å². The summed E-state index contributed by atoms with van der Waals surface area (Å²) in [6, 6.07) is 18.8. The summed E-state index contributed by atoms with van der Waals surface area (Å²) in [4.78, 5) is 0. The number of aliphatic hydroxyl groups is 1. The summed E-state index contributed by atoms with van der Waals surface area (Å²) in [5, 5.41) is 10.6. The molecule has 0 bridgehead atoms. The number of hydrogen-bond acceptors (Lipinski definition) is 2. The van der Waals surface area contributed by atoms with E-state index in [1.54, 1.807) is 61.7 Å². The summed E-state index contributed by atoms with van der Waals surface area (Å²) in [7, 11) is 1.55. The quantitative estimate of drug-likeness (QED) is 0.671. The molecule has 2 nitrogen and oxygen atoms in total. The van der Waals surface area contributed by atoms with Crippen molar-refractivity contribution < 1.29 is 23.0 Å². The monoisotopic (exact) mass is 358 g/mol. The lowest BCUT2D eigenvalue weighted by Crippen LogP contribution is -2.07.